The number of nitrogens with zero attached hydrogens (tertiary/aromatic N) is 7. The molecule has 3 heterocycles. The van der Waals surface area contributed by atoms with Crippen molar-refractivity contribution in [3.8, 4) is 22.8 Å². The third-order valence-corrected chi connectivity index (χ3v) is 7.04. The predicted molar refractivity (Wildman–Crippen MR) is 145 cm³/mol. The summed E-state index contributed by atoms with van der Waals surface area (Å²) in [6.07, 6.45) is -1.62. The van der Waals surface area contributed by atoms with Crippen molar-refractivity contribution in [2.45, 2.75) is 20.2 Å². The molecule has 2 aromatic heterocycles. The highest BCUT2D eigenvalue weighted by Gasteiger charge is 2.31. The van der Waals surface area contributed by atoms with Crippen molar-refractivity contribution in [1.29, 1.82) is 0 Å². The Balaban J connectivity index is 1.21. The fraction of sp³-hybridized carbons (Fsp3) is 0.148. The van der Waals surface area contributed by atoms with Crippen LogP contribution in [0, 0.1) is 13.8 Å². The minimum atomic E-state index is -4.74. The fourth-order valence-corrected chi connectivity index (χ4v) is 5.04. The van der Waals surface area contributed by atoms with Crippen LogP contribution >= 0.6 is 11.8 Å². The Kier molecular flexibility index (Phi) is 6.18. The number of fused-ring (bicyclic) bond motifs is 1. The van der Waals surface area contributed by atoms with Crippen molar-refractivity contribution in [3.63, 3.8) is 0 Å². The summed E-state index contributed by atoms with van der Waals surface area (Å²) in [7, 11) is 0. The van der Waals surface area contributed by atoms with Crippen LogP contribution in [0.3, 0.4) is 0 Å². The molecule has 0 saturated carbocycles. The summed E-state index contributed by atoms with van der Waals surface area (Å²) in [5.74, 6) is 1.49. The Bertz CT molecular complexity index is 1700. The molecule has 0 radical (unpaired) electrons. The zero-order chi connectivity index (χ0) is 27.1. The zero-order valence-electron chi connectivity index (χ0n) is 20.7. The lowest BCUT2D eigenvalue weighted by Gasteiger charge is -2.35. The minimum Gasteiger partial charge on any atom is -0.406 e. The number of rotatable bonds is 5. The molecule has 5 aromatic rings. The largest absolute Gasteiger partial charge is 0.573 e. The van der Waals surface area contributed by atoms with E-state index in [0.29, 0.717) is 28.4 Å². The second-order valence-corrected chi connectivity index (χ2v) is 9.73. The maximum absolute atomic E-state index is 12.4. The van der Waals surface area contributed by atoms with Crippen molar-refractivity contribution >= 4 is 39.5 Å². The molecule has 196 valence electrons. The van der Waals surface area contributed by atoms with Gasteiger partial charge in [0.2, 0.25) is 0 Å². The van der Waals surface area contributed by atoms with Gasteiger partial charge in [-0.15, -0.1) is 18.3 Å². The molecular weight excluding hydrogens is 527 g/mol. The van der Waals surface area contributed by atoms with E-state index < -0.39 is 6.36 Å². The molecule has 0 atom stereocenters. The van der Waals surface area contributed by atoms with Crippen LogP contribution in [0.4, 0.5) is 24.7 Å². The Morgan fingerprint density at radius 2 is 1.72 bits per heavy atom. The van der Waals surface area contributed by atoms with E-state index >= 15 is 0 Å². The molecule has 0 N–H and O–H groups in total. The van der Waals surface area contributed by atoms with Gasteiger partial charge in [0.05, 0.1) is 28.8 Å². The lowest BCUT2D eigenvalue weighted by atomic mass is 10.1. The predicted octanol–water partition coefficient (Wildman–Crippen LogP) is 6.59. The Labute approximate surface area is 225 Å². The van der Waals surface area contributed by atoms with Gasteiger partial charge in [-0.2, -0.15) is 0 Å². The van der Waals surface area contributed by atoms with Crippen molar-refractivity contribution in [3.05, 3.63) is 84.3 Å². The second-order valence-electron chi connectivity index (χ2n) is 8.82. The van der Waals surface area contributed by atoms with Crippen LogP contribution in [0.25, 0.3) is 28.1 Å². The molecule has 6 rings (SSSR count). The highest BCUT2D eigenvalue weighted by Crippen LogP contribution is 2.36. The van der Waals surface area contributed by atoms with Gasteiger partial charge >= 0.3 is 6.36 Å². The number of amidine groups is 1. The standard InChI is InChI=1S/C27H20F3N7OS/c1-16-4-3-5-17(2)24(16)36-15-39-26(36)34-23-13-31-22-12-18(6-11-21(22)33-23)25-32-14-37(35-25)19-7-9-20(10-8-19)38-27(28,29)30/h3-14H,15H2,1-2H3. The number of benzene rings is 3. The summed E-state index contributed by atoms with van der Waals surface area (Å²) in [6.45, 7) is 4.19. The van der Waals surface area contributed by atoms with Crippen LogP contribution in [0.1, 0.15) is 11.1 Å². The number of aryl methyl sites for hydroxylation is 2. The number of thioether (sulfide) groups is 1. The van der Waals surface area contributed by atoms with Gasteiger partial charge < -0.3 is 9.64 Å². The first kappa shape index (κ1) is 24.9. The van der Waals surface area contributed by atoms with E-state index in [9.17, 15) is 13.2 Å². The molecule has 0 amide bonds. The molecule has 0 aliphatic carbocycles. The quantitative estimate of drug-likeness (QED) is 0.246. The second kappa shape index (κ2) is 9.70. The minimum absolute atomic E-state index is 0.307. The number of halogens is 3. The molecule has 12 heteroatoms. The van der Waals surface area contributed by atoms with Crippen LogP contribution in [-0.2, 0) is 0 Å². The average Bonchev–Trinajstić information content (AvgIpc) is 3.38. The van der Waals surface area contributed by atoms with Gasteiger partial charge in [0.25, 0.3) is 0 Å². The van der Waals surface area contributed by atoms with Gasteiger partial charge in [-0.25, -0.2) is 19.6 Å². The smallest absolute Gasteiger partial charge is 0.406 e. The van der Waals surface area contributed by atoms with E-state index in [2.05, 4.69) is 61.7 Å². The number of anilines is 1. The van der Waals surface area contributed by atoms with Gasteiger partial charge in [0, 0.05) is 11.3 Å². The fourth-order valence-electron chi connectivity index (χ4n) is 4.28. The average molecular weight is 548 g/mol. The van der Waals surface area contributed by atoms with Crippen molar-refractivity contribution in [2.24, 2.45) is 4.99 Å². The monoisotopic (exact) mass is 547 g/mol. The summed E-state index contributed by atoms with van der Waals surface area (Å²) in [6, 6.07) is 17.1. The highest BCUT2D eigenvalue weighted by molar-refractivity contribution is 8.16. The molecule has 0 unspecified atom stereocenters. The van der Waals surface area contributed by atoms with E-state index in [1.54, 1.807) is 18.0 Å². The maximum atomic E-state index is 12.4. The Hall–Kier alpha value is -4.45. The first-order chi connectivity index (χ1) is 18.7. The summed E-state index contributed by atoms with van der Waals surface area (Å²) in [5, 5.41) is 5.33. The van der Waals surface area contributed by atoms with Crippen LogP contribution in [0.15, 0.2) is 78.2 Å². The summed E-state index contributed by atoms with van der Waals surface area (Å²) >= 11 is 1.66. The van der Waals surface area contributed by atoms with E-state index in [1.165, 1.54) is 52.1 Å². The number of alkyl halides is 3. The molecule has 39 heavy (non-hydrogen) atoms. The van der Waals surface area contributed by atoms with Crippen molar-refractivity contribution in [2.75, 3.05) is 10.8 Å². The number of aliphatic imine (C=N–C) groups is 1. The summed E-state index contributed by atoms with van der Waals surface area (Å²) < 4.78 is 42.6. The van der Waals surface area contributed by atoms with E-state index in [4.69, 9.17) is 4.99 Å². The van der Waals surface area contributed by atoms with E-state index in [1.807, 2.05) is 18.2 Å². The maximum Gasteiger partial charge on any atom is 0.573 e. The zero-order valence-corrected chi connectivity index (χ0v) is 21.5. The van der Waals surface area contributed by atoms with Crippen LogP contribution in [0.2, 0.25) is 0 Å². The summed E-state index contributed by atoms with van der Waals surface area (Å²) in [4.78, 5) is 20.5. The molecule has 0 bridgehead atoms. The molecule has 3 aromatic carbocycles. The van der Waals surface area contributed by atoms with Gasteiger partial charge in [-0.05, 0) is 67.4 Å². The number of hydrogen-bond acceptors (Lipinski definition) is 7. The molecule has 1 saturated heterocycles. The first-order valence-electron chi connectivity index (χ1n) is 11.8. The van der Waals surface area contributed by atoms with Gasteiger partial charge in [0.1, 0.15) is 12.1 Å². The highest BCUT2D eigenvalue weighted by atomic mass is 32.2. The number of para-hydroxylation sites is 1. The van der Waals surface area contributed by atoms with Crippen molar-refractivity contribution < 1.29 is 17.9 Å². The van der Waals surface area contributed by atoms with Crippen LogP contribution < -0.4 is 9.64 Å². The third-order valence-electron chi connectivity index (χ3n) is 6.09. The van der Waals surface area contributed by atoms with Crippen LogP contribution in [-0.4, -0.2) is 42.1 Å². The molecule has 1 fully saturated rings. The first-order valence-corrected chi connectivity index (χ1v) is 12.8. The topological polar surface area (TPSA) is 81.3 Å². The normalized spacial score (nSPS) is 14.6. The Morgan fingerprint density at radius 1 is 0.949 bits per heavy atom. The molecular formula is C27H20F3N7OS. The Morgan fingerprint density at radius 3 is 2.41 bits per heavy atom. The van der Waals surface area contributed by atoms with E-state index in [0.717, 1.165) is 16.6 Å². The number of ether oxygens (including phenoxy) is 1. The molecule has 1 aliphatic heterocycles. The van der Waals surface area contributed by atoms with Gasteiger partial charge in [-0.1, -0.05) is 30.0 Å². The number of aromatic nitrogens is 5. The lowest BCUT2D eigenvalue weighted by molar-refractivity contribution is -0.274. The molecule has 1 aliphatic rings. The lowest BCUT2D eigenvalue weighted by Crippen LogP contribution is -2.39. The van der Waals surface area contributed by atoms with Crippen molar-refractivity contribution in [1.82, 2.24) is 24.7 Å². The SMILES string of the molecule is Cc1cccc(C)c1N1CSC1=Nc1cnc2cc(-c3ncn(-c4ccc(OC(F)(F)F)cc4)n3)ccc2n1. The number of hydrogen-bond donors (Lipinski definition) is 0. The van der Waals surface area contributed by atoms with Gasteiger partial charge in [-0.3, -0.25) is 4.98 Å². The molecule has 8 nitrogen and oxygen atoms in total. The van der Waals surface area contributed by atoms with Gasteiger partial charge in [0.15, 0.2) is 16.8 Å². The third kappa shape index (κ3) is 5.15. The van der Waals surface area contributed by atoms with E-state index in [-0.39, 0.29) is 5.75 Å². The summed E-state index contributed by atoms with van der Waals surface area (Å²) in [5.41, 5.74) is 6.18. The molecule has 0 spiro atoms. The van der Waals surface area contributed by atoms with Crippen LogP contribution in [0.5, 0.6) is 5.75 Å².